The summed E-state index contributed by atoms with van der Waals surface area (Å²) in [5, 5.41) is 20.0. The number of aromatic hydroxyl groups is 1. The van der Waals surface area contributed by atoms with Gasteiger partial charge < -0.3 is 5.11 Å². The number of azo groups is 1. The summed E-state index contributed by atoms with van der Waals surface area (Å²) in [4.78, 5) is -0.346. The molecule has 6 nitrogen and oxygen atoms in total. The third kappa shape index (κ3) is 7.68. The first-order valence-corrected chi connectivity index (χ1v) is 13.9. The van der Waals surface area contributed by atoms with Crippen LogP contribution in [0.5, 0.6) is 5.75 Å². The monoisotopic (exact) mass is 566 g/mol. The van der Waals surface area contributed by atoms with Crippen LogP contribution in [-0.4, -0.2) is 47.6 Å². The van der Waals surface area contributed by atoms with Crippen molar-refractivity contribution in [2.75, 3.05) is 0 Å². The number of hydrogen-bond acceptors (Lipinski definition) is 5. The predicted octanol–water partition coefficient (Wildman–Crippen LogP) is 8.10. The summed E-state index contributed by atoms with van der Waals surface area (Å²) in [6, 6.07) is 17.4. The number of benzene rings is 3. The van der Waals surface area contributed by atoms with Crippen molar-refractivity contribution in [1.82, 2.24) is 0 Å². The molecule has 0 spiro atoms. The molecule has 0 aliphatic heterocycles. The van der Waals surface area contributed by atoms with E-state index in [1.807, 2.05) is 56.3 Å². The SMILES string of the molecule is CC(C)(C)CC(C)(C)c1cc(N=Nc2cc(S(=O)(=O)O)ccc2Cl)c(O)c(C(C)(C)c2ccccc2)c1.[NaH]. The van der Waals surface area contributed by atoms with Gasteiger partial charge in [0, 0.05) is 11.0 Å². The first-order valence-electron chi connectivity index (χ1n) is 12.0. The number of halogens is 1. The molecule has 38 heavy (non-hydrogen) atoms. The van der Waals surface area contributed by atoms with Crippen molar-refractivity contribution in [2.24, 2.45) is 15.6 Å². The number of phenols is 1. The molecular formula is C29H36ClN2NaO4S. The third-order valence-corrected chi connectivity index (χ3v) is 7.66. The van der Waals surface area contributed by atoms with Crippen LogP contribution in [0.4, 0.5) is 11.4 Å². The van der Waals surface area contributed by atoms with Crippen molar-refractivity contribution in [1.29, 1.82) is 0 Å². The van der Waals surface area contributed by atoms with Crippen LogP contribution in [0.15, 0.2) is 75.8 Å². The topological polar surface area (TPSA) is 99.3 Å². The van der Waals surface area contributed by atoms with E-state index in [9.17, 15) is 18.1 Å². The normalized spacial score (nSPS) is 13.0. The molecule has 3 aromatic rings. The molecule has 0 amide bonds. The predicted molar refractivity (Wildman–Crippen MR) is 156 cm³/mol. The Bertz CT molecular complexity index is 1430. The van der Waals surface area contributed by atoms with E-state index < -0.39 is 15.5 Å². The van der Waals surface area contributed by atoms with Gasteiger partial charge in [-0.1, -0.05) is 96.5 Å². The van der Waals surface area contributed by atoms with E-state index in [1.165, 1.54) is 12.1 Å². The quantitative estimate of drug-likeness (QED) is 0.171. The number of hydrogen-bond donors (Lipinski definition) is 2. The first kappa shape index (κ1) is 32.5. The van der Waals surface area contributed by atoms with Crippen LogP contribution < -0.4 is 0 Å². The van der Waals surface area contributed by atoms with Crippen LogP contribution >= 0.6 is 11.6 Å². The summed E-state index contributed by atoms with van der Waals surface area (Å²) in [7, 11) is -4.44. The Hall–Kier alpha value is -1.74. The van der Waals surface area contributed by atoms with Gasteiger partial charge in [-0.25, -0.2) is 0 Å². The molecule has 0 radical (unpaired) electrons. The fourth-order valence-corrected chi connectivity index (χ4v) is 5.49. The second kappa shape index (κ2) is 11.8. The minimum absolute atomic E-state index is 0. The van der Waals surface area contributed by atoms with E-state index in [0.29, 0.717) is 5.56 Å². The summed E-state index contributed by atoms with van der Waals surface area (Å²) < 4.78 is 32.6. The Balaban J connectivity index is 0.00000507. The van der Waals surface area contributed by atoms with E-state index in [0.717, 1.165) is 23.6 Å². The first-order chi connectivity index (χ1) is 16.9. The average molecular weight is 567 g/mol. The zero-order chi connectivity index (χ0) is 27.8. The van der Waals surface area contributed by atoms with Crippen molar-refractivity contribution >= 4 is 62.7 Å². The van der Waals surface area contributed by atoms with E-state index >= 15 is 0 Å². The Labute approximate surface area is 253 Å². The number of nitrogens with zero attached hydrogens (tertiary/aromatic N) is 2. The van der Waals surface area contributed by atoms with E-state index in [-0.39, 0.29) is 67.4 Å². The standard InChI is InChI=1S/C29H35ClN2O4S.Na.H/c1-27(2,3)18-28(4,5)20-15-22(29(6,7)19-11-9-8-10-12-19)26(33)25(16-20)32-31-24-17-21(37(34,35)36)13-14-23(24)30;;/h8-17,33H,18H2,1-7H3,(H,34,35,36);;. The molecule has 0 heterocycles. The molecule has 0 unspecified atom stereocenters. The third-order valence-electron chi connectivity index (χ3n) is 6.49. The zero-order valence-corrected chi connectivity index (χ0v) is 23.9. The van der Waals surface area contributed by atoms with Gasteiger partial charge in [0.05, 0.1) is 9.92 Å². The van der Waals surface area contributed by atoms with E-state index in [4.69, 9.17) is 11.6 Å². The zero-order valence-electron chi connectivity index (χ0n) is 22.4. The Morgan fingerprint density at radius 1 is 0.816 bits per heavy atom. The second-order valence-electron chi connectivity index (χ2n) is 11.8. The van der Waals surface area contributed by atoms with Gasteiger partial charge in [0.2, 0.25) is 0 Å². The van der Waals surface area contributed by atoms with Gasteiger partial charge in [0.25, 0.3) is 10.1 Å². The van der Waals surface area contributed by atoms with Crippen molar-refractivity contribution in [3.05, 3.63) is 82.4 Å². The van der Waals surface area contributed by atoms with Crippen molar-refractivity contribution in [3.63, 3.8) is 0 Å². The molecule has 0 fully saturated rings. The summed E-state index contributed by atoms with van der Waals surface area (Å²) >= 11 is 6.22. The van der Waals surface area contributed by atoms with Crippen molar-refractivity contribution < 1.29 is 18.1 Å². The van der Waals surface area contributed by atoms with E-state index in [2.05, 4.69) is 44.8 Å². The van der Waals surface area contributed by atoms with Gasteiger partial charge in [0.1, 0.15) is 17.1 Å². The van der Waals surface area contributed by atoms with Gasteiger partial charge >= 0.3 is 29.6 Å². The molecule has 0 aliphatic carbocycles. The summed E-state index contributed by atoms with van der Waals surface area (Å²) in [6.45, 7) is 15.0. The molecule has 0 aromatic heterocycles. The molecule has 200 valence electrons. The summed E-state index contributed by atoms with van der Waals surface area (Å²) in [6.07, 6.45) is 0.884. The van der Waals surface area contributed by atoms with Gasteiger partial charge in [0.15, 0.2) is 0 Å². The molecule has 0 saturated heterocycles. The Kier molecular flexibility index (Phi) is 10.1. The maximum atomic E-state index is 11.6. The minimum atomic E-state index is -4.44. The fourth-order valence-electron chi connectivity index (χ4n) is 4.84. The summed E-state index contributed by atoms with van der Waals surface area (Å²) in [5.74, 6) is -0.0185. The van der Waals surface area contributed by atoms with Crippen LogP contribution in [0.2, 0.25) is 5.02 Å². The van der Waals surface area contributed by atoms with Crippen molar-refractivity contribution in [3.8, 4) is 5.75 Å². The van der Waals surface area contributed by atoms with Crippen molar-refractivity contribution in [2.45, 2.75) is 70.6 Å². The van der Waals surface area contributed by atoms with Gasteiger partial charge in [-0.15, -0.1) is 10.2 Å². The average Bonchev–Trinajstić information content (AvgIpc) is 2.77. The fraction of sp³-hybridized carbons (Fsp3) is 0.379. The summed E-state index contributed by atoms with van der Waals surface area (Å²) in [5.41, 5.74) is 2.28. The maximum absolute atomic E-state index is 11.6. The van der Waals surface area contributed by atoms with Crippen LogP contribution in [0.25, 0.3) is 0 Å². The Morgan fingerprint density at radius 2 is 1.39 bits per heavy atom. The number of phenolic OH excluding ortho intramolecular Hbond substituents is 1. The molecule has 2 N–H and O–H groups in total. The molecule has 3 rings (SSSR count). The van der Waals surface area contributed by atoms with Gasteiger partial charge in [-0.2, -0.15) is 8.42 Å². The second-order valence-corrected chi connectivity index (χ2v) is 13.6. The van der Waals surface area contributed by atoms with E-state index in [1.54, 1.807) is 0 Å². The molecule has 3 aromatic carbocycles. The molecule has 0 saturated carbocycles. The molecule has 0 atom stereocenters. The van der Waals surface area contributed by atoms with Gasteiger partial charge in [-0.05, 0) is 52.6 Å². The molecule has 0 bridgehead atoms. The molecule has 9 heteroatoms. The van der Waals surface area contributed by atoms with Crippen LogP contribution in [0.1, 0.15) is 71.6 Å². The molecular weight excluding hydrogens is 531 g/mol. The molecule has 0 aliphatic rings. The number of rotatable bonds is 7. The van der Waals surface area contributed by atoms with Gasteiger partial charge in [-0.3, -0.25) is 4.55 Å². The Morgan fingerprint density at radius 3 is 1.95 bits per heavy atom. The van der Waals surface area contributed by atoms with Crippen LogP contribution in [0.3, 0.4) is 0 Å². The van der Waals surface area contributed by atoms with Crippen LogP contribution in [0, 0.1) is 5.41 Å². The van der Waals surface area contributed by atoms with Crippen LogP contribution in [-0.2, 0) is 20.9 Å².